The Morgan fingerprint density at radius 1 is 1.24 bits per heavy atom. The second kappa shape index (κ2) is 9.45. The Kier molecular flexibility index (Phi) is 6.97. The summed E-state index contributed by atoms with van der Waals surface area (Å²) in [6.07, 6.45) is 3.00. The van der Waals surface area contributed by atoms with Gasteiger partial charge in [0.2, 0.25) is 5.91 Å². The molecule has 0 aromatic heterocycles. The van der Waals surface area contributed by atoms with Crippen LogP contribution in [0.1, 0.15) is 48.0 Å². The summed E-state index contributed by atoms with van der Waals surface area (Å²) in [5.74, 6) is 0.509. The Labute approximate surface area is 171 Å². The number of rotatable bonds is 7. The molecule has 8 nitrogen and oxygen atoms in total. The average Bonchev–Trinajstić information content (AvgIpc) is 2.92. The van der Waals surface area contributed by atoms with Crippen molar-refractivity contribution in [2.75, 3.05) is 39.4 Å². The molecule has 3 rings (SSSR count). The normalized spacial score (nSPS) is 18.7. The lowest BCUT2D eigenvalue weighted by molar-refractivity contribution is -0.118. The van der Waals surface area contributed by atoms with Gasteiger partial charge >= 0.3 is 0 Å². The number of fused-ring (bicyclic) bond motifs is 1. The van der Waals surface area contributed by atoms with Crippen molar-refractivity contribution in [2.45, 2.75) is 44.6 Å². The molecule has 1 aromatic carbocycles. The van der Waals surface area contributed by atoms with E-state index in [-0.39, 0.29) is 18.4 Å². The number of aryl methyl sites for hydroxylation is 1. The number of aliphatic hydroxyl groups is 1. The minimum absolute atomic E-state index is 0.185. The summed E-state index contributed by atoms with van der Waals surface area (Å²) in [5, 5.41) is 13.7. The van der Waals surface area contributed by atoms with Crippen LogP contribution in [0, 0.1) is 6.92 Å². The van der Waals surface area contributed by atoms with Crippen molar-refractivity contribution in [3.05, 3.63) is 23.3 Å². The third-order valence-electron chi connectivity index (χ3n) is 5.50. The summed E-state index contributed by atoms with van der Waals surface area (Å²) >= 11 is 0. The molecule has 0 saturated carbocycles. The molecule has 160 valence electrons. The van der Waals surface area contributed by atoms with E-state index in [0.29, 0.717) is 49.5 Å². The summed E-state index contributed by atoms with van der Waals surface area (Å²) in [6.45, 7) is 5.40. The number of primary amides is 1. The molecule has 0 unspecified atom stereocenters. The second-order valence-electron chi connectivity index (χ2n) is 8.01. The van der Waals surface area contributed by atoms with Gasteiger partial charge in [0.25, 0.3) is 5.91 Å². The lowest BCUT2D eigenvalue weighted by Gasteiger charge is -2.38. The number of nitrogens with two attached hydrogens (primary N) is 1. The first-order valence-electron chi connectivity index (χ1n) is 10.3. The first-order chi connectivity index (χ1) is 13.9. The average molecular weight is 405 g/mol. The maximum absolute atomic E-state index is 12.8. The number of likely N-dealkylation sites (tertiary alicyclic amines) is 1. The van der Waals surface area contributed by atoms with Crippen LogP contribution < -0.4 is 20.5 Å². The second-order valence-corrected chi connectivity index (χ2v) is 8.01. The van der Waals surface area contributed by atoms with Gasteiger partial charge in [-0.2, -0.15) is 0 Å². The van der Waals surface area contributed by atoms with Gasteiger partial charge < -0.3 is 30.5 Å². The Morgan fingerprint density at radius 3 is 2.69 bits per heavy atom. The lowest BCUT2D eigenvalue weighted by atomic mass is 9.91. The number of ether oxygens (including phenoxy) is 2. The molecule has 0 atom stereocenters. The summed E-state index contributed by atoms with van der Waals surface area (Å²) in [6, 6.07) is 3.66. The maximum atomic E-state index is 12.8. The fourth-order valence-electron chi connectivity index (χ4n) is 3.77. The van der Waals surface area contributed by atoms with E-state index < -0.39 is 5.60 Å². The zero-order chi connectivity index (χ0) is 20.9. The molecule has 1 saturated heterocycles. The van der Waals surface area contributed by atoms with Crippen LogP contribution in [0.4, 0.5) is 0 Å². The molecule has 0 bridgehead atoms. The minimum Gasteiger partial charge on any atom is -0.490 e. The molecule has 1 fully saturated rings. The quantitative estimate of drug-likeness (QED) is 0.623. The molecule has 2 heterocycles. The van der Waals surface area contributed by atoms with Crippen LogP contribution in [-0.4, -0.2) is 66.8 Å². The van der Waals surface area contributed by atoms with Crippen molar-refractivity contribution in [2.24, 2.45) is 5.73 Å². The smallest absolute Gasteiger partial charge is 0.255 e. The number of carbonyl (C=O) groups is 2. The monoisotopic (exact) mass is 405 g/mol. The highest BCUT2D eigenvalue weighted by atomic mass is 16.5. The third-order valence-corrected chi connectivity index (χ3v) is 5.50. The zero-order valence-corrected chi connectivity index (χ0v) is 17.0. The summed E-state index contributed by atoms with van der Waals surface area (Å²) in [4.78, 5) is 25.9. The molecular weight excluding hydrogens is 374 g/mol. The van der Waals surface area contributed by atoms with Gasteiger partial charge in [-0.15, -0.1) is 0 Å². The van der Waals surface area contributed by atoms with Crippen molar-refractivity contribution in [1.29, 1.82) is 0 Å². The molecule has 0 spiro atoms. The number of carbonyl (C=O) groups excluding carboxylic acids is 2. The van der Waals surface area contributed by atoms with Gasteiger partial charge in [-0.25, -0.2) is 0 Å². The van der Waals surface area contributed by atoms with E-state index in [1.54, 1.807) is 6.07 Å². The highest BCUT2D eigenvalue weighted by molar-refractivity contribution is 5.98. The van der Waals surface area contributed by atoms with Crippen LogP contribution in [0.2, 0.25) is 0 Å². The number of nitrogens with one attached hydrogen (secondary N) is 1. The van der Waals surface area contributed by atoms with Gasteiger partial charge in [0, 0.05) is 32.5 Å². The standard InChI is InChI=1S/C21H31N3O5/c1-15-12-16(19-17(13-15)28-10-3-11-29-19)20(26)23-14-21(27)5-8-24(9-6-21)7-2-4-18(22)25/h12-13,27H,2-11,14H2,1H3,(H2,22,25)(H,23,26). The summed E-state index contributed by atoms with van der Waals surface area (Å²) < 4.78 is 11.5. The van der Waals surface area contributed by atoms with Gasteiger partial charge in [-0.1, -0.05) is 0 Å². The Balaban J connectivity index is 1.55. The first-order valence-corrected chi connectivity index (χ1v) is 10.3. The number of hydrogen-bond donors (Lipinski definition) is 3. The molecule has 2 aliphatic heterocycles. The van der Waals surface area contributed by atoms with Crippen LogP contribution in [0.3, 0.4) is 0 Å². The van der Waals surface area contributed by atoms with Crippen molar-refractivity contribution in [3.63, 3.8) is 0 Å². The van der Waals surface area contributed by atoms with Gasteiger partial charge in [0.05, 0.1) is 24.4 Å². The lowest BCUT2D eigenvalue weighted by Crippen LogP contribution is -2.51. The van der Waals surface area contributed by atoms with Crippen LogP contribution in [-0.2, 0) is 4.79 Å². The van der Waals surface area contributed by atoms with E-state index in [2.05, 4.69) is 10.2 Å². The van der Waals surface area contributed by atoms with Crippen molar-refractivity contribution in [3.8, 4) is 11.5 Å². The number of piperidine rings is 1. The van der Waals surface area contributed by atoms with Crippen molar-refractivity contribution in [1.82, 2.24) is 10.2 Å². The Hall–Kier alpha value is -2.32. The van der Waals surface area contributed by atoms with Crippen molar-refractivity contribution >= 4 is 11.8 Å². The highest BCUT2D eigenvalue weighted by Gasteiger charge is 2.33. The number of benzene rings is 1. The first kappa shape index (κ1) is 21.4. The zero-order valence-electron chi connectivity index (χ0n) is 17.0. The topological polar surface area (TPSA) is 114 Å². The van der Waals surface area contributed by atoms with E-state index in [0.717, 1.165) is 38.0 Å². The molecule has 2 aliphatic rings. The number of nitrogens with zero attached hydrogens (tertiary/aromatic N) is 1. The Bertz CT molecular complexity index is 744. The molecular formula is C21H31N3O5. The van der Waals surface area contributed by atoms with Gasteiger partial charge in [-0.05, 0) is 50.4 Å². The van der Waals surface area contributed by atoms with Crippen LogP contribution in [0.5, 0.6) is 11.5 Å². The van der Waals surface area contributed by atoms with Crippen LogP contribution in [0.25, 0.3) is 0 Å². The SMILES string of the molecule is Cc1cc2c(c(C(=O)NCC3(O)CCN(CCCC(N)=O)CC3)c1)OCCCO2. The predicted molar refractivity (Wildman–Crippen MR) is 108 cm³/mol. The Morgan fingerprint density at radius 2 is 1.97 bits per heavy atom. The molecule has 29 heavy (non-hydrogen) atoms. The van der Waals surface area contributed by atoms with Crippen LogP contribution in [0.15, 0.2) is 12.1 Å². The number of hydrogen-bond acceptors (Lipinski definition) is 6. The highest BCUT2D eigenvalue weighted by Crippen LogP contribution is 2.35. The predicted octanol–water partition coefficient (Wildman–Crippen LogP) is 0.979. The van der Waals surface area contributed by atoms with E-state index in [4.69, 9.17) is 15.2 Å². The van der Waals surface area contributed by atoms with Gasteiger partial charge in [0.1, 0.15) is 0 Å². The van der Waals surface area contributed by atoms with E-state index >= 15 is 0 Å². The van der Waals surface area contributed by atoms with Gasteiger partial charge in [-0.3, -0.25) is 9.59 Å². The summed E-state index contributed by atoms with van der Waals surface area (Å²) in [5.41, 5.74) is 5.59. The molecule has 0 aliphatic carbocycles. The van der Waals surface area contributed by atoms with Crippen molar-refractivity contribution < 1.29 is 24.2 Å². The van der Waals surface area contributed by atoms with E-state index in [1.165, 1.54) is 0 Å². The molecule has 0 radical (unpaired) electrons. The number of amides is 2. The fraction of sp³-hybridized carbons (Fsp3) is 0.619. The molecule has 1 aromatic rings. The third kappa shape index (κ3) is 5.83. The minimum atomic E-state index is -0.937. The molecule has 4 N–H and O–H groups in total. The van der Waals surface area contributed by atoms with E-state index in [9.17, 15) is 14.7 Å². The maximum Gasteiger partial charge on any atom is 0.255 e. The van der Waals surface area contributed by atoms with Gasteiger partial charge in [0.15, 0.2) is 11.5 Å². The van der Waals surface area contributed by atoms with E-state index in [1.807, 2.05) is 13.0 Å². The largest absolute Gasteiger partial charge is 0.490 e. The summed E-state index contributed by atoms with van der Waals surface area (Å²) in [7, 11) is 0. The molecule has 8 heteroatoms. The molecule has 2 amide bonds. The fourth-order valence-corrected chi connectivity index (χ4v) is 3.77. The van der Waals surface area contributed by atoms with Crippen LogP contribution >= 0.6 is 0 Å².